The number of fused-ring (bicyclic) bond motifs is 1. The molecule has 0 aliphatic carbocycles. The Morgan fingerprint density at radius 3 is 2.22 bits per heavy atom. The summed E-state index contributed by atoms with van der Waals surface area (Å²) in [5.41, 5.74) is 0.648. The zero-order valence-electron chi connectivity index (χ0n) is 15.0. The Bertz CT molecular complexity index is 994. The molecule has 2 fully saturated rings. The van der Waals surface area contributed by atoms with Crippen LogP contribution in [-0.4, -0.2) is 67.7 Å². The van der Waals surface area contributed by atoms with Gasteiger partial charge >= 0.3 is 0 Å². The van der Waals surface area contributed by atoms with Gasteiger partial charge in [-0.05, 0) is 29.3 Å². The third kappa shape index (κ3) is 3.69. The van der Waals surface area contributed by atoms with Crippen molar-refractivity contribution >= 4 is 32.4 Å². The van der Waals surface area contributed by atoms with Crippen LogP contribution in [0.5, 0.6) is 0 Å². The van der Waals surface area contributed by atoms with E-state index in [1.54, 1.807) is 9.80 Å². The first kappa shape index (κ1) is 18.0. The molecule has 27 heavy (non-hydrogen) atoms. The number of nitrogens with zero attached hydrogens (tertiary/aromatic N) is 2. The number of benzene rings is 2. The van der Waals surface area contributed by atoms with Crippen molar-refractivity contribution in [3.05, 3.63) is 48.0 Å². The summed E-state index contributed by atoms with van der Waals surface area (Å²) >= 11 is 0. The van der Waals surface area contributed by atoms with E-state index in [2.05, 4.69) is 0 Å². The van der Waals surface area contributed by atoms with Gasteiger partial charge in [0.15, 0.2) is 9.84 Å². The first-order valence-corrected chi connectivity index (χ1v) is 11.0. The van der Waals surface area contributed by atoms with Crippen LogP contribution in [0.2, 0.25) is 0 Å². The molecule has 4 rings (SSSR count). The summed E-state index contributed by atoms with van der Waals surface area (Å²) in [7, 11) is -3.07. The van der Waals surface area contributed by atoms with Gasteiger partial charge in [-0.25, -0.2) is 8.42 Å². The molecule has 2 amide bonds. The fourth-order valence-electron chi connectivity index (χ4n) is 3.88. The molecular weight excluding hydrogens is 364 g/mol. The van der Waals surface area contributed by atoms with E-state index >= 15 is 0 Å². The molecule has 7 heteroatoms. The van der Waals surface area contributed by atoms with Crippen molar-refractivity contribution in [1.82, 2.24) is 9.80 Å². The molecule has 2 heterocycles. The van der Waals surface area contributed by atoms with Crippen LogP contribution >= 0.6 is 0 Å². The fourth-order valence-corrected chi connectivity index (χ4v) is 5.62. The molecule has 2 aromatic carbocycles. The van der Waals surface area contributed by atoms with Crippen molar-refractivity contribution in [1.29, 1.82) is 0 Å². The number of sulfone groups is 1. The van der Waals surface area contributed by atoms with Crippen molar-refractivity contribution in [2.24, 2.45) is 5.92 Å². The van der Waals surface area contributed by atoms with Crippen LogP contribution in [0.4, 0.5) is 0 Å². The minimum atomic E-state index is -3.07. The minimum absolute atomic E-state index is 0.0312. The van der Waals surface area contributed by atoms with Crippen LogP contribution in [0.3, 0.4) is 0 Å². The average molecular weight is 386 g/mol. The SMILES string of the molecule is O=C(c1ccc2ccccc2c1)N1CCN(C(=O)[C@@H]2CCS(=O)(=O)C2)CC1. The van der Waals surface area contributed by atoms with Crippen molar-refractivity contribution in [2.45, 2.75) is 6.42 Å². The third-order valence-corrected chi connectivity index (χ3v) is 7.22. The standard InChI is InChI=1S/C20H22N2O4S/c23-19(17-6-5-15-3-1-2-4-16(15)13-17)21-8-10-22(11-9-21)20(24)18-7-12-27(25,26)14-18/h1-6,13,18H,7-12,14H2/t18-/m1/s1. The van der Waals surface area contributed by atoms with Crippen LogP contribution in [0.1, 0.15) is 16.8 Å². The highest BCUT2D eigenvalue weighted by atomic mass is 32.2. The van der Waals surface area contributed by atoms with Gasteiger partial charge in [0.05, 0.1) is 17.4 Å². The molecule has 2 saturated heterocycles. The lowest BCUT2D eigenvalue weighted by Gasteiger charge is -2.36. The second-order valence-electron chi connectivity index (χ2n) is 7.28. The van der Waals surface area contributed by atoms with E-state index in [0.29, 0.717) is 38.2 Å². The third-order valence-electron chi connectivity index (χ3n) is 5.46. The number of carbonyl (C=O) groups is 2. The van der Waals surface area contributed by atoms with Gasteiger partial charge in [0.2, 0.25) is 5.91 Å². The Hall–Kier alpha value is -2.41. The monoisotopic (exact) mass is 386 g/mol. The average Bonchev–Trinajstić information content (AvgIpc) is 3.06. The molecule has 2 aliphatic rings. The minimum Gasteiger partial charge on any atom is -0.339 e. The molecular formula is C20H22N2O4S. The maximum absolute atomic E-state index is 12.8. The van der Waals surface area contributed by atoms with E-state index in [4.69, 9.17) is 0 Å². The maximum Gasteiger partial charge on any atom is 0.253 e. The van der Waals surface area contributed by atoms with Gasteiger partial charge < -0.3 is 9.80 Å². The van der Waals surface area contributed by atoms with Crippen molar-refractivity contribution in [3.63, 3.8) is 0 Å². The zero-order chi connectivity index (χ0) is 19.0. The summed E-state index contributed by atoms with van der Waals surface area (Å²) in [6, 6.07) is 13.6. The van der Waals surface area contributed by atoms with Crippen molar-refractivity contribution < 1.29 is 18.0 Å². The first-order valence-electron chi connectivity index (χ1n) is 9.20. The number of hydrogen-bond donors (Lipinski definition) is 0. The van der Waals surface area contributed by atoms with E-state index < -0.39 is 15.8 Å². The molecule has 142 valence electrons. The van der Waals surface area contributed by atoms with Gasteiger partial charge in [-0.15, -0.1) is 0 Å². The number of piperazine rings is 1. The molecule has 2 aliphatic heterocycles. The Balaban J connectivity index is 1.39. The second-order valence-corrected chi connectivity index (χ2v) is 9.51. The van der Waals surface area contributed by atoms with Gasteiger partial charge in [-0.2, -0.15) is 0 Å². The van der Waals surface area contributed by atoms with Gasteiger partial charge in [0, 0.05) is 31.7 Å². The number of hydrogen-bond acceptors (Lipinski definition) is 4. The van der Waals surface area contributed by atoms with Crippen LogP contribution in [0, 0.1) is 5.92 Å². The predicted octanol–water partition coefficient (Wildman–Crippen LogP) is 1.56. The second kappa shape index (κ2) is 6.96. The summed E-state index contributed by atoms with van der Waals surface area (Å²) < 4.78 is 23.2. The number of carbonyl (C=O) groups excluding carboxylic acids is 2. The largest absolute Gasteiger partial charge is 0.339 e. The van der Waals surface area contributed by atoms with E-state index in [0.717, 1.165) is 10.8 Å². The molecule has 0 saturated carbocycles. The van der Waals surface area contributed by atoms with Crippen molar-refractivity contribution in [2.75, 3.05) is 37.7 Å². The van der Waals surface area contributed by atoms with E-state index in [-0.39, 0.29) is 23.3 Å². The maximum atomic E-state index is 12.8. The Morgan fingerprint density at radius 1 is 0.889 bits per heavy atom. The summed E-state index contributed by atoms with van der Waals surface area (Å²) in [4.78, 5) is 28.8. The molecule has 6 nitrogen and oxygen atoms in total. The van der Waals surface area contributed by atoms with Gasteiger partial charge in [-0.3, -0.25) is 9.59 Å². The molecule has 0 radical (unpaired) electrons. The molecule has 0 aromatic heterocycles. The lowest BCUT2D eigenvalue weighted by Crippen LogP contribution is -2.52. The molecule has 2 aromatic rings. The lowest BCUT2D eigenvalue weighted by atomic mass is 10.1. The van der Waals surface area contributed by atoms with Gasteiger partial charge in [0.1, 0.15) is 0 Å². The Labute approximate surface area is 158 Å². The number of amides is 2. The van der Waals surface area contributed by atoms with Crippen LogP contribution < -0.4 is 0 Å². The van der Waals surface area contributed by atoms with E-state index in [1.165, 1.54) is 0 Å². The molecule has 0 spiro atoms. The molecule has 0 N–H and O–H groups in total. The van der Waals surface area contributed by atoms with Gasteiger partial charge in [-0.1, -0.05) is 30.3 Å². The summed E-state index contributed by atoms with van der Waals surface area (Å²) in [6.07, 6.45) is 0.414. The van der Waals surface area contributed by atoms with Crippen molar-refractivity contribution in [3.8, 4) is 0 Å². The summed E-state index contributed by atoms with van der Waals surface area (Å²) in [6.45, 7) is 1.84. The normalized spacial score (nSPS) is 22.1. The highest BCUT2D eigenvalue weighted by Gasteiger charge is 2.36. The Morgan fingerprint density at radius 2 is 1.56 bits per heavy atom. The van der Waals surface area contributed by atoms with Crippen LogP contribution in [0.15, 0.2) is 42.5 Å². The lowest BCUT2D eigenvalue weighted by molar-refractivity contribution is -0.136. The molecule has 0 bridgehead atoms. The van der Waals surface area contributed by atoms with Crippen LogP contribution in [-0.2, 0) is 14.6 Å². The highest BCUT2D eigenvalue weighted by molar-refractivity contribution is 7.91. The smallest absolute Gasteiger partial charge is 0.253 e. The number of rotatable bonds is 2. The first-order chi connectivity index (χ1) is 12.9. The molecule has 0 unspecified atom stereocenters. The van der Waals surface area contributed by atoms with Gasteiger partial charge in [0.25, 0.3) is 5.91 Å². The molecule has 1 atom stereocenters. The fraction of sp³-hybridized carbons (Fsp3) is 0.400. The summed E-state index contributed by atoms with van der Waals surface area (Å²) in [5.74, 6) is -0.478. The Kier molecular flexibility index (Phi) is 4.63. The predicted molar refractivity (Wildman–Crippen MR) is 103 cm³/mol. The van der Waals surface area contributed by atoms with Crippen LogP contribution in [0.25, 0.3) is 10.8 Å². The van der Waals surface area contributed by atoms with E-state index in [9.17, 15) is 18.0 Å². The zero-order valence-corrected chi connectivity index (χ0v) is 15.8. The highest BCUT2D eigenvalue weighted by Crippen LogP contribution is 2.22. The quantitative estimate of drug-likeness (QED) is 0.785. The topological polar surface area (TPSA) is 74.8 Å². The summed E-state index contributed by atoms with van der Waals surface area (Å²) in [5, 5.41) is 2.12. The van der Waals surface area contributed by atoms with E-state index in [1.807, 2.05) is 42.5 Å².